The Balaban J connectivity index is 2.03. The van der Waals surface area contributed by atoms with E-state index in [4.69, 9.17) is 4.74 Å². The van der Waals surface area contributed by atoms with E-state index >= 15 is 0 Å². The molecule has 2 unspecified atom stereocenters. The fraction of sp³-hybridized carbons (Fsp3) is 0.600. The van der Waals surface area contributed by atoms with Crippen LogP contribution in [0.5, 0.6) is 0 Å². The van der Waals surface area contributed by atoms with Crippen LogP contribution in [0.2, 0.25) is 0 Å². The van der Waals surface area contributed by atoms with Crippen molar-refractivity contribution in [3.8, 4) is 0 Å². The van der Waals surface area contributed by atoms with Gasteiger partial charge in [-0.2, -0.15) is 0 Å². The molecule has 106 valence electrons. The Kier molecular flexibility index (Phi) is 4.88. The number of hydrogen-bond donors (Lipinski definition) is 1. The van der Waals surface area contributed by atoms with Gasteiger partial charge in [-0.1, -0.05) is 13.8 Å². The van der Waals surface area contributed by atoms with E-state index in [2.05, 4.69) is 19.2 Å². The molecule has 0 aliphatic carbocycles. The molecule has 2 atom stereocenters. The van der Waals surface area contributed by atoms with E-state index in [0.29, 0.717) is 18.1 Å². The smallest absolute Gasteiger partial charge is 0.129 e. The van der Waals surface area contributed by atoms with Crippen molar-refractivity contribution < 1.29 is 13.5 Å². The monoisotopic (exact) mass is 269 g/mol. The van der Waals surface area contributed by atoms with Crippen LogP contribution in [0.25, 0.3) is 0 Å². The lowest BCUT2D eigenvalue weighted by Crippen LogP contribution is -2.28. The number of rotatable bonds is 5. The first-order chi connectivity index (χ1) is 9.08. The van der Waals surface area contributed by atoms with Crippen molar-refractivity contribution in [2.45, 2.75) is 26.4 Å². The van der Waals surface area contributed by atoms with Gasteiger partial charge >= 0.3 is 0 Å². The maximum absolute atomic E-state index is 13.8. The van der Waals surface area contributed by atoms with Crippen LogP contribution in [0.3, 0.4) is 0 Å². The van der Waals surface area contributed by atoms with Crippen LogP contribution in [-0.4, -0.2) is 19.7 Å². The molecule has 1 fully saturated rings. The third-order valence-electron chi connectivity index (χ3n) is 3.44. The summed E-state index contributed by atoms with van der Waals surface area (Å²) < 4.78 is 32.6. The number of ether oxygens (including phenoxy) is 1. The predicted octanol–water partition coefficient (Wildman–Crippen LogP) is 3.29. The van der Waals surface area contributed by atoms with Crippen LogP contribution in [-0.2, 0) is 4.74 Å². The van der Waals surface area contributed by atoms with Gasteiger partial charge < -0.3 is 10.1 Å². The first kappa shape index (κ1) is 14.4. The topological polar surface area (TPSA) is 21.3 Å². The van der Waals surface area contributed by atoms with Crippen LogP contribution in [0, 0.1) is 23.5 Å². The second-order valence-corrected chi connectivity index (χ2v) is 5.56. The maximum atomic E-state index is 13.8. The molecule has 1 aliphatic heterocycles. The quantitative estimate of drug-likeness (QED) is 0.885. The van der Waals surface area contributed by atoms with Crippen molar-refractivity contribution in [3.63, 3.8) is 0 Å². The maximum Gasteiger partial charge on any atom is 0.129 e. The summed E-state index contributed by atoms with van der Waals surface area (Å²) in [5.41, 5.74) is 0.342. The van der Waals surface area contributed by atoms with E-state index in [1.54, 1.807) is 0 Å². The van der Waals surface area contributed by atoms with Crippen molar-refractivity contribution in [3.05, 3.63) is 35.4 Å². The molecule has 1 saturated heterocycles. The highest BCUT2D eigenvalue weighted by molar-refractivity contribution is 5.22. The first-order valence-electron chi connectivity index (χ1n) is 6.85. The summed E-state index contributed by atoms with van der Waals surface area (Å²) in [6.45, 7) is 6.59. The second-order valence-electron chi connectivity index (χ2n) is 5.56. The summed E-state index contributed by atoms with van der Waals surface area (Å²) in [6.07, 6.45) is 0.543. The number of hydrogen-bond acceptors (Lipinski definition) is 2. The minimum Gasteiger partial charge on any atom is -0.373 e. The van der Waals surface area contributed by atoms with E-state index in [1.165, 1.54) is 12.1 Å². The molecule has 0 aromatic heterocycles. The van der Waals surface area contributed by atoms with Gasteiger partial charge in [0.15, 0.2) is 0 Å². The molecule has 0 saturated carbocycles. The number of benzene rings is 1. The largest absolute Gasteiger partial charge is 0.373 e. The average Bonchev–Trinajstić information content (AvgIpc) is 2.80. The fourth-order valence-corrected chi connectivity index (χ4v) is 2.48. The zero-order valence-electron chi connectivity index (χ0n) is 11.5. The highest BCUT2D eigenvalue weighted by Gasteiger charge is 2.31. The van der Waals surface area contributed by atoms with Crippen LogP contribution in [0.15, 0.2) is 18.2 Å². The highest BCUT2D eigenvalue weighted by atomic mass is 19.1. The van der Waals surface area contributed by atoms with E-state index in [9.17, 15) is 8.78 Å². The molecule has 1 heterocycles. The molecule has 1 N–H and O–H groups in total. The minimum atomic E-state index is -0.416. The van der Waals surface area contributed by atoms with Gasteiger partial charge in [-0.25, -0.2) is 8.78 Å². The van der Waals surface area contributed by atoms with Crippen molar-refractivity contribution in [1.82, 2.24) is 5.32 Å². The van der Waals surface area contributed by atoms with Gasteiger partial charge in [-0.3, -0.25) is 0 Å². The van der Waals surface area contributed by atoms with Gasteiger partial charge in [0, 0.05) is 24.6 Å². The van der Waals surface area contributed by atoms with Crippen LogP contribution in [0.4, 0.5) is 8.78 Å². The Morgan fingerprint density at radius 2 is 2.16 bits per heavy atom. The van der Waals surface area contributed by atoms with Crippen molar-refractivity contribution >= 4 is 0 Å². The Labute approximate surface area is 113 Å². The van der Waals surface area contributed by atoms with E-state index < -0.39 is 5.82 Å². The molecule has 1 aliphatic rings. The number of nitrogens with one attached hydrogen (secondary N) is 1. The lowest BCUT2D eigenvalue weighted by atomic mass is 9.94. The zero-order chi connectivity index (χ0) is 13.8. The Hall–Kier alpha value is -1.00. The van der Waals surface area contributed by atoms with E-state index in [1.807, 2.05) is 0 Å². The lowest BCUT2D eigenvalue weighted by Gasteiger charge is -2.20. The molecule has 0 radical (unpaired) electrons. The summed E-state index contributed by atoms with van der Waals surface area (Å²) in [4.78, 5) is 0. The normalized spacial score (nSPS) is 23.2. The van der Waals surface area contributed by atoms with Gasteiger partial charge in [0.1, 0.15) is 11.6 Å². The third-order valence-corrected chi connectivity index (χ3v) is 3.44. The summed E-state index contributed by atoms with van der Waals surface area (Å²) in [7, 11) is 0. The molecule has 2 rings (SSSR count). The van der Waals surface area contributed by atoms with Crippen molar-refractivity contribution in [2.24, 2.45) is 11.8 Å². The Morgan fingerprint density at radius 3 is 2.89 bits per heavy atom. The lowest BCUT2D eigenvalue weighted by molar-refractivity contribution is 0.0870. The molecule has 0 amide bonds. The summed E-state index contributed by atoms with van der Waals surface area (Å²) >= 11 is 0. The molecule has 2 nitrogen and oxygen atoms in total. The summed E-state index contributed by atoms with van der Waals surface area (Å²) in [5, 5.41) is 3.36. The molecule has 1 aromatic carbocycles. The third kappa shape index (κ3) is 3.74. The molecule has 19 heavy (non-hydrogen) atoms. The van der Waals surface area contributed by atoms with Crippen LogP contribution >= 0.6 is 0 Å². The van der Waals surface area contributed by atoms with Crippen LogP contribution in [0.1, 0.15) is 31.9 Å². The predicted molar refractivity (Wildman–Crippen MR) is 70.9 cm³/mol. The first-order valence-corrected chi connectivity index (χ1v) is 6.85. The molecular formula is C15H21F2NO. The number of halogens is 2. The van der Waals surface area contributed by atoms with Gasteiger partial charge in [0.2, 0.25) is 0 Å². The molecule has 0 bridgehead atoms. The fourth-order valence-electron chi connectivity index (χ4n) is 2.48. The van der Waals surface area contributed by atoms with Gasteiger partial charge in [-0.05, 0) is 37.1 Å². The Bertz CT molecular complexity index is 423. The van der Waals surface area contributed by atoms with Crippen molar-refractivity contribution in [1.29, 1.82) is 0 Å². The Morgan fingerprint density at radius 1 is 1.37 bits per heavy atom. The van der Waals surface area contributed by atoms with Crippen molar-refractivity contribution in [2.75, 3.05) is 19.7 Å². The standard InChI is InChI=1S/C15H21F2NO/c1-10(2)8-18-9-11-5-6-19-15(11)13-7-12(16)3-4-14(13)17/h3-4,7,10-11,15,18H,5-6,8-9H2,1-2H3. The second kappa shape index (κ2) is 6.44. The molecule has 4 heteroatoms. The van der Waals surface area contributed by atoms with Crippen LogP contribution < -0.4 is 5.32 Å². The van der Waals surface area contributed by atoms with Gasteiger partial charge in [0.25, 0.3) is 0 Å². The summed E-state index contributed by atoms with van der Waals surface area (Å²) in [6, 6.07) is 3.56. The summed E-state index contributed by atoms with van der Waals surface area (Å²) in [5.74, 6) is -0.0234. The molecular weight excluding hydrogens is 248 g/mol. The minimum absolute atomic E-state index is 0.204. The highest BCUT2D eigenvalue weighted by Crippen LogP contribution is 2.35. The van der Waals surface area contributed by atoms with E-state index in [0.717, 1.165) is 25.6 Å². The average molecular weight is 269 g/mol. The van der Waals surface area contributed by atoms with E-state index in [-0.39, 0.29) is 17.8 Å². The van der Waals surface area contributed by atoms with Gasteiger partial charge in [-0.15, -0.1) is 0 Å². The van der Waals surface area contributed by atoms with Gasteiger partial charge in [0.05, 0.1) is 6.10 Å². The SMILES string of the molecule is CC(C)CNCC1CCOC1c1cc(F)ccc1F. The molecule has 1 aromatic rings. The zero-order valence-corrected chi connectivity index (χ0v) is 11.5. The molecule has 0 spiro atoms.